The first-order valence-corrected chi connectivity index (χ1v) is 13.7. The molecule has 3 fully saturated rings. The normalized spacial score (nSPS) is 21.2. The standard InChI is InChI=1S/C27H41FN6O5/c1-20(35)29-18-22-19-34(26(37)38-22)21-5-6-24(23(28)17-21)32-13-9-30(10-14-32)7-8-31-11-15-33(16-12-31)25(36)39-27(2,3)4/h5-6,17,22H,7-16,18-19H2,1-4H3,(H,29,35)/t22-/m0/s1. The smallest absolute Gasteiger partial charge is 0.414 e. The largest absolute Gasteiger partial charge is 0.444 e. The Kier molecular flexibility index (Phi) is 9.16. The minimum absolute atomic E-state index is 0.196. The van der Waals surface area contributed by atoms with Crippen molar-refractivity contribution in [1.82, 2.24) is 20.0 Å². The molecule has 0 saturated carbocycles. The first-order chi connectivity index (χ1) is 18.5. The van der Waals surface area contributed by atoms with E-state index in [1.54, 1.807) is 17.0 Å². The lowest BCUT2D eigenvalue weighted by Gasteiger charge is -2.39. The van der Waals surface area contributed by atoms with Gasteiger partial charge in [-0.2, -0.15) is 0 Å². The van der Waals surface area contributed by atoms with Crippen LogP contribution < -0.4 is 15.1 Å². The molecule has 0 radical (unpaired) electrons. The molecule has 3 heterocycles. The van der Waals surface area contributed by atoms with Gasteiger partial charge in [0.05, 0.1) is 24.5 Å². The molecule has 12 heteroatoms. The van der Waals surface area contributed by atoms with E-state index in [0.29, 0.717) is 37.6 Å². The minimum atomic E-state index is -0.544. The second-order valence-electron chi connectivity index (χ2n) is 11.3. The van der Waals surface area contributed by atoms with Crippen molar-refractivity contribution in [3.05, 3.63) is 24.0 Å². The number of hydrogen-bond donors (Lipinski definition) is 1. The van der Waals surface area contributed by atoms with Gasteiger partial charge in [0.2, 0.25) is 5.91 Å². The number of rotatable bonds is 7. The van der Waals surface area contributed by atoms with E-state index >= 15 is 4.39 Å². The summed E-state index contributed by atoms with van der Waals surface area (Å²) in [4.78, 5) is 45.6. The molecule has 39 heavy (non-hydrogen) atoms. The third kappa shape index (κ3) is 7.95. The number of hydrogen-bond acceptors (Lipinski definition) is 8. The highest BCUT2D eigenvalue weighted by Gasteiger charge is 2.33. The van der Waals surface area contributed by atoms with E-state index < -0.39 is 17.8 Å². The van der Waals surface area contributed by atoms with Gasteiger partial charge in [0, 0.05) is 72.4 Å². The predicted octanol–water partition coefficient (Wildman–Crippen LogP) is 1.96. The molecule has 0 aliphatic carbocycles. The number of carbonyl (C=O) groups excluding carboxylic acids is 3. The zero-order valence-electron chi connectivity index (χ0n) is 23.4. The maximum absolute atomic E-state index is 15.1. The van der Waals surface area contributed by atoms with Crippen LogP contribution in [0.2, 0.25) is 0 Å². The number of piperazine rings is 2. The van der Waals surface area contributed by atoms with E-state index in [1.807, 2.05) is 25.7 Å². The monoisotopic (exact) mass is 548 g/mol. The summed E-state index contributed by atoms with van der Waals surface area (Å²) in [6, 6.07) is 4.84. The second kappa shape index (κ2) is 12.4. The molecule has 0 bridgehead atoms. The molecule has 0 aromatic heterocycles. The van der Waals surface area contributed by atoms with Gasteiger partial charge in [-0.25, -0.2) is 14.0 Å². The van der Waals surface area contributed by atoms with Crippen LogP contribution in [0.4, 0.5) is 25.4 Å². The molecule has 1 aromatic rings. The van der Waals surface area contributed by atoms with Gasteiger partial charge >= 0.3 is 12.2 Å². The van der Waals surface area contributed by atoms with E-state index in [0.717, 1.165) is 39.3 Å². The SMILES string of the molecule is CC(=O)NC[C@H]1CN(c2ccc(N3CCN(CCN4CCN(C(=O)OC(C)(C)C)CC4)CC3)c(F)c2)C(=O)O1. The van der Waals surface area contributed by atoms with Crippen LogP contribution in [0.3, 0.4) is 0 Å². The fraction of sp³-hybridized carbons (Fsp3) is 0.667. The fourth-order valence-corrected chi connectivity index (χ4v) is 4.99. The van der Waals surface area contributed by atoms with Gasteiger partial charge in [0.1, 0.15) is 17.5 Å². The lowest BCUT2D eigenvalue weighted by molar-refractivity contribution is -0.119. The van der Waals surface area contributed by atoms with Gasteiger partial charge in [0.15, 0.2) is 0 Å². The van der Waals surface area contributed by atoms with Crippen LogP contribution in [-0.2, 0) is 14.3 Å². The van der Waals surface area contributed by atoms with Crippen molar-refractivity contribution in [3.63, 3.8) is 0 Å². The Morgan fingerprint density at radius 3 is 2.21 bits per heavy atom. The van der Waals surface area contributed by atoms with E-state index in [4.69, 9.17) is 9.47 Å². The number of anilines is 2. The van der Waals surface area contributed by atoms with Crippen LogP contribution in [0.15, 0.2) is 18.2 Å². The molecule has 3 saturated heterocycles. The van der Waals surface area contributed by atoms with Gasteiger partial charge in [-0.1, -0.05) is 0 Å². The Bertz CT molecular complexity index is 1030. The van der Waals surface area contributed by atoms with Gasteiger partial charge in [-0.15, -0.1) is 0 Å². The van der Waals surface area contributed by atoms with Crippen molar-refractivity contribution < 1.29 is 28.2 Å². The maximum atomic E-state index is 15.1. The summed E-state index contributed by atoms with van der Waals surface area (Å²) in [5.74, 6) is -0.569. The van der Waals surface area contributed by atoms with Gasteiger partial charge in [-0.3, -0.25) is 19.5 Å². The number of amides is 3. The number of nitrogens with one attached hydrogen (secondary N) is 1. The number of nitrogens with zero attached hydrogens (tertiary/aromatic N) is 5. The Hall–Kier alpha value is -3.12. The number of benzene rings is 1. The van der Waals surface area contributed by atoms with Gasteiger partial charge < -0.3 is 24.6 Å². The molecule has 0 spiro atoms. The second-order valence-corrected chi connectivity index (χ2v) is 11.3. The van der Waals surface area contributed by atoms with Gasteiger partial charge in [-0.05, 0) is 39.0 Å². The summed E-state index contributed by atoms with van der Waals surface area (Å²) in [5, 5.41) is 2.64. The van der Waals surface area contributed by atoms with Crippen LogP contribution >= 0.6 is 0 Å². The van der Waals surface area contributed by atoms with Crippen molar-refractivity contribution >= 4 is 29.5 Å². The topological polar surface area (TPSA) is 97.9 Å². The van der Waals surface area contributed by atoms with Crippen molar-refractivity contribution in [3.8, 4) is 0 Å². The van der Waals surface area contributed by atoms with Crippen molar-refractivity contribution in [2.24, 2.45) is 0 Å². The van der Waals surface area contributed by atoms with Crippen LogP contribution in [0.5, 0.6) is 0 Å². The molecule has 4 rings (SSSR count). The molecule has 11 nitrogen and oxygen atoms in total. The average Bonchev–Trinajstić information content (AvgIpc) is 3.26. The van der Waals surface area contributed by atoms with Crippen LogP contribution in [-0.4, -0.2) is 123 Å². The summed E-state index contributed by atoms with van der Waals surface area (Å²) >= 11 is 0. The first kappa shape index (κ1) is 28.9. The molecule has 3 aliphatic rings. The maximum Gasteiger partial charge on any atom is 0.414 e. The van der Waals surface area contributed by atoms with Crippen molar-refractivity contribution in [2.45, 2.75) is 39.4 Å². The lowest BCUT2D eigenvalue weighted by Crippen LogP contribution is -2.53. The number of carbonyl (C=O) groups is 3. The molecular formula is C27H41FN6O5. The quantitative estimate of drug-likeness (QED) is 0.553. The number of cyclic esters (lactones) is 1. The molecule has 216 valence electrons. The summed E-state index contributed by atoms with van der Waals surface area (Å²) < 4.78 is 25.9. The third-order valence-corrected chi connectivity index (χ3v) is 7.17. The van der Waals surface area contributed by atoms with E-state index in [-0.39, 0.29) is 30.9 Å². The lowest BCUT2D eigenvalue weighted by atomic mass is 10.2. The molecule has 1 aromatic carbocycles. The molecule has 3 aliphatic heterocycles. The van der Waals surface area contributed by atoms with Crippen LogP contribution in [0.1, 0.15) is 27.7 Å². The summed E-state index contributed by atoms with van der Waals surface area (Å²) in [5.41, 5.74) is 0.485. The van der Waals surface area contributed by atoms with Crippen LogP contribution in [0.25, 0.3) is 0 Å². The molecule has 0 unspecified atom stereocenters. The zero-order valence-corrected chi connectivity index (χ0v) is 23.4. The number of ether oxygens (including phenoxy) is 2. The predicted molar refractivity (Wildman–Crippen MR) is 146 cm³/mol. The van der Waals surface area contributed by atoms with E-state index in [9.17, 15) is 14.4 Å². The van der Waals surface area contributed by atoms with Gasteiger partial charge in [0.25, 0.3) is 0 Å². The Morgan fingerprint density at radius 1 is 1.03 bits per heavy atom. The third-order valence-electron chi connectivity index (χ3n) is 7.17. The van der Waals surface area contributed by atoms with Crippen molar-refractivity contribution in [1.29, 1.82) is 0 Å². The highest BCUT2D eigenvalue weighted by molar-refractivity contribution is 5.90. The Labute approximate surface area is 229 Å². The van der Waals surface area contributed by atoms with E-state index in [1.165, 1.54) is 17.9 Å². The molecule has 1 atom stereocenters. The summed E-state index contributed by atoms with van der Waals surface area (Å²) in [6.45, 7) is 15.5. The summed E-state index contributed by atoms with van der Waals surface area (Å²) in [7, 11) is 0. The zero-order chi connectivity index (χ0) is 28.2. The minimum Gasteiger partial charge on any atom is -0.444 e. The number of halogens is 1. The van der Waals surface area contributed by atoms with Crippen LogP contribution in [0, 0.1) is 5.82 Å². The highest BCUT2D eigenvalue weighted by atomic mass is 19.1. The molecule has 3 amide bonds. The molecule has 1 N–H and O–H groups in total. The highest BCUT2D eigenvalue weighted by Crippen LogP contribution is 2.28. The van der Waals surface area contributed by atoms with E-state index in [2.05, 4.69) is 15.1 Å². The van der Waals surface area contributed by atoms with Crippen molar-refractivity contribution in [2.75, 3.05) is 88.3 Å². The Balaban J connectivity index is 1.20. The Morgan fingerprint density at radius 2 is 1.64 bits per heavy atom. The first-order valence-electron chi connectivity index (χ1n) is 13.7. The fourth-order valence-electron chi connectivity index (χ4n) is 4.99. The molecular weight excluding hydrogens is 507 g/mol. The summed E-state index contributed by atoms with van der Waals surface area (Å²) in [6.07, 6.45) is -1.26. The average molecular weight is 549 g/mol.